The molecule has 2 unspecified atom stereocenters. The fourth-order valence-electron chi connectivity index (χ4n) is 6.04. The number of carbonyl (C=O) groups excluding carboxylic acids is 3. The van der Waals surface area contributed by atoms with Crippen LogP contribution in [0.15, 0.2) is 25.3 Å². The van der Waals surface area contributed by atoms with Crippen molar-refractivity contribution < 1.29 is 24.2 Å². The van der Waals surface area contributed by atoms with Crippen molar-refractivity contribution in [2.45, 2.75) is 80.9 Å². The molecular formula is C26H40N2O5S. The van der Waals surface area contributed by atoms with Gasteiger partial charge < -0.3 is 19.6 Å². The zero-order valence-corrected chi connectivity index (χ0v) is 21.6. The minimum Gasteiger partial charge on any atom is -0.465 e. The lowest BCUT2D eigenvalue weighted by Crippen LogP contribution is -2.56. The summed E-state index contributed by atoms with van der Waals surface area (Å²) < 4.78 is 4.58. The minimum atomic E-state index is -0.638. The number of esters is 1. The highest BCUT2D eigenvalue weighted by molar-refractivity contribution is 8.02. The van der Waals surface area contributed by atoms with Crippen LogP contribution in [0.4, 0.5) is 0 Å². The molecule has 7 nitrogen and oxygen atoms in total. The summed E-state index contributed by atoms with van der Waals surface area (Å²) in [5.41, 5.74) is 0. The predicted molar refractivity (Wildman–Crippen MR) is 134 cm³/mol. The molecule has 1 N–H and O–H groups in total. The van der Waals surface area contributed by atoms with E-state index >= 15 is 0 Å². The van der Waals surface area contributed by atoms with Gasteiger partial charge in [-0.15, -0.1) is 24.9 Å². The molecule has 3 fully saturated rings. The fourth-order valence-corrected chi connectivity index (χ4v) is 8.38. The van der Waals surface area contributed by atoms with Crippen molar-refractivity contribution in [1.29, 1.82) is 0 Å². The number of thioether (sulfide) groups is 1. The molecule has 0 saturated carbocycles. The number of nitrogens with zero attached hydrogens (tertiary/aromatic N) is 2. The van der Waals surface area contributed by atoms with Crippen LogP contribution in [0.3, 0.4) is 0 Å². The quantitative estimate of drug-likeness (QED) is 0.241. The van der Waals surface area contributed by atoms with Gasteiger partial charge >= 0.3 is 5.97 Å². The Bertz CT molecular complexity index is 817. The average Bonchev–Trinajstić information content (AvgIpc) is 3.35. The van der Waals surface area contributed by atoms with Crippen molar-refractivity contribution in [3.05, 3.63) is 25.3 Å². The van der Waals surface area contributed by atoms with Gasteiger partial charge in [0.05, 0.1) is 23.2 Å². The standard InChI is InChI=1S/C26H40N2O5S/c1-6-8-11-17-33-24(32)20-19-22(30)28(15-9-10-16-29)21(23(31)27(14-7-2)18(3)4)26(19)13-12-25(20,5)34-26/h6-7,18-21,29H,1-2,8-17H2,3-5H3/t19-,20+,21?,25-,26?/m0/s1. The number of amides is 2. The van der Waals surface area contributed by atoms with Crippen LogP contribution < -0.4 is 0 Å². The van der Waals surface area contributed by atoms with Gasteiger partial charge in [0.1, 0.15) is 6.04 Å². The van der Waals surface area contributed by atoms with Crippen LogP contribution in [0, 0.1) is 11.8 Å². The SMILES string of the molecule is C=CCCCOC(=O)[C@H]1[C@H]2C(=O)N(CCCCO)C(C(=O)N(CC=C)C(C)C)C23CC[C@]1(C)S3. The highest BCUT2D eigenvalue weighted by atomic mass is 32.2. The number of hydrogen-bond donors (Lipinski definition) is 1. The zero-order chi connectivity index (χ0) is 25.1. The molecule has 3 aliphatic rings. The molecule has 5 atom stereocenters. The molecule has 0 aromatic heterocycles. The number of ether oxygens (including phenoxy) is 1. The second-order valence-corrected chi connectivity index (χ2v) is 12.1. The summed E-state index contributed by atoms with van der Waals surface area (Å²) in [6.07, 6.45) is 7.63. The summed E-state index contributed by atoms with van der Waals surface area (Å²) in [7, 11) is 0. The molecule has 0 aromatic rings. The molecule has 190 valence electrons. The van der Waals surface area contributed by atoms with Crippen LogP contribution in [0.2, 0.25) is 0 Å². The van der Waals surface area contributed by atoms with E-state index < -0.39 is 27.4 Å². The number of fused-ring (bicyclic) bond motifs is 1. The van der Waals surface area contributed by atoms with Crippen molar-refractivity contribution in [1.82, 2.24) is 9.80 Å². The molecule has 0 aliphatic carbocycles. The molecule has 2 amide bonds. The molecule has 3 saturated heterocycles. The first-order valence-corrected chi connectivity index (χ1v) is 13.3. The largest absolute Gasteiger partial charge is 0.465 e. The number of hydrogen-bond acceptors (Lipinski definition) is 6. The molecule has 3 heterocycles. The van der Waals surface area contributed by atoms with Crippen LogP contribution in [0.1, 0.15) is 59.3 Å². The van der Waals surface area contributed by atoms with Gasteiger partial charge in [-0.05, 0) is 59.3 Å². The van der Waals surface area contributed by atoms with Crippen LogP contribution in [0.25, 0.3) is 0 Å². The number of carbonyl (C=O) groups is 3. The van der Waals surface area contributed by atoms with E-state index in [1.165, 1.54) is 0 Å². The van der Waals surface area contributed by atoms with Crippen molar-refractivity contribution >= 4 is 29.5 Å². The van der Waals surface area contributed by atoms with Gasteiger partial charge in [-0.25, -0.2) is 0 Å². The third-order valence-corrected chi connectivity index (χ3v) is 9.59. The number of allylic oxidation sites excluding steroid dienone is 1. The third kappa shape index (κ3) is 4.55. The Morgan fingerprint density at radius 3 is 2.62 bits per heavy atom. The minimum absolute atomic E-state index is 0.0380. The summed E-state index contributed by atoms with van der Waals surface area (Å²) in [5, 5.41) is 9.29. The molecule has 1 spiro atoms. The van der Waals surface area contributed by atoms with Crippen molar-refractivity contribution in [2.24, 2.45) is 11.8 Å². The van der Waals surface area contributed by atoms with Gasteiger partial charge in [0.25, 0.3) is 0 Å². The molecule has 2 bridgehead atoms. The Labute approximate surface area is 208 Å². The first kappa shape index (κ1) is 26.8. The second-order valence-electron chi connectivity index (χ2n) is 10.2. The lowest BCUT2D eigenvalue weighted by atomic mass is 9.66. The highest BCUT2D eigenvalue weighted by Gasteiger charge is 2.77. The Balaban J connectivity index is 1.97. The van der Waals surface area contributed by atoms with E-state index in [9.17, 15) is 19.5 Å². The molecule has 34 heavy (non-hydrogen) atoms. The zero-order valence-electron chi connectivity index (χ0n) is 20.8. The number of unbranched alkanes of at least 4 members (excludes halogenated alkanes) is 2. The molecule has 3 rings (SSSR count). The molecule has 0 radical (unpaired) electrons. The predicted octanol–water partition coefficient (Wildman–Crippen LogP) is 3.17. The first-order chi connectivity index (χ1) is 16.2. The maximum atomic E-state index is 14.0. The van der Waals surface area contributed by atoms with Crippen LogP contribution in [-0.4, -0.2) is 80.6 Å². The topological polar surface area (TPSA) is 87.1 Å². The molecule has 0 aromatic carbocycles. The van der Waals surface area contributed by atoms with Crippen LogP contribution >= 0.6 is 11.8 Å². The number of rotatable bonds is 13. The van der Waals surface area contributed by atoms with Crippen LogP contribution in [0.5, 0.6) is 0 Å². The van der Waals surface area contributed by atoms with E-state index in [1.54, 1.807) is 33.7 Å². The number of aliphatic hydroxyl groups is 1. The second kappa shape index (κ2) is 10.9. The van der Waals surface area contributed by atoms with Crippen LogP contribution in [-0.2, 0) is 19.1 Å². The average molecular weight is 493 g/mol. The van der Waals surface area contributed by atoms with Gasteiger partial charge in [0.2, 0.25) is 11.8 Å². The summed E-state index contributed by atoms with van der Waals surface area (Å²) in [5.74, 6) is -1.65. The fraction of sp³-hybridized carbons (Fsp3) is 0.731. The Morgan fingerprint density at radius 2 is 2.00 bits per heavy atom. The summed E-state index contributed by atoms with van der Waals surface area (Å²) in [4.78, 5) is 44.7. The monoisotopic (exact) mass is 492 g/mol. The molecule has 3 aliphatic heterocycles. The Hall–Kier alpha value is -1.80. The van der Waals surface area contributed by atoms with E-state index in [0.717, 1.165) is 19.3 Å². The molecular weight excluding hydrogens is 452 g/mol. The Kier molecular flexibility index (Phi) is 8.56. The van der Waals surface area contributed by atoms with Gasteiger partial charge in [-0.2, -0.15) is 0 Å². The van der Waals surface area contributed by atoms with Crippen molar-refractivity contribution in [2.75, 3.05) is 26.3 Å². The Morgan fingerprint density at radius 1 is 1.26 bits per heavy atom. The van der Waals surface area contributed by atoms with Gasteiger partial charge in [0, 0.05) is 30.5 Å². The summed E-state index contributed by atoms with van der Waals surface area (Å²) in [6, 6.07) is -0.670. The summed E-state index contributed by atoms with van der Waals surface area (Å²) in [6.45, 7) is 14.6. The normalized spacial score (nSPS) is 31.6. The lowest BCUT2D eigenvalue weighted by molar-refractivity contribution is -0.155. The number of likely N-dealkylation sites (tertiary alicyclic amines) is 1. The van der Waals surface area contributed by atoms with Crippen molar-refractivity contribution in [3.63, 3.8) is 0 Å². The van der Waals surface area contributed by atoms with E-state index in [0.29, 0.717) is 39.0 Å². The van der Waals surface area contributed by atoms with E-state index in [-0.39, 0.29) is 30.4 Å². The number of aliphatic hydroxyl groups excluding tert-OH is 1. The van der Waals surface area contributed by atoms with E-state index in [4.69, 9.17) is 4.74 Å². The van der Waals surface area contributed by atoms with Gasteiger partial charge in [-0.1, -0.05) is 12.2 Å². The maximum Gasteiger partial charge on any atom is 0.311 e. The lowest BCUT2D eigenvalue weighted by Gasteiger charge is -2.38. The first-order valence-electron chi connectivity index (χ1n) is 12.5. The highest BCUT2D eigenvalue weighted by Crippen LogP contribution is 2.71. The van der Waals surface area contributed by atoms with E-state index in [1.807, 2.05) is 13.8 Å². The third-order valence-electron chi connectivity index (χ3n) is 7.60. The van der Waals surface area contributed by atoms with Gasteiger partial charge in [0.15, 0.2) is 0 Å². The molecule has 8 heteroatoms. The van der Waals surface area contributed by atoms with E-state index in [2.05, 4.69) is 20.1 Å². The van der Waals surface area contributed by atoms with Crippen molar-refractivity contribution in [3.8, 4) is 0 Å². The smallest absolute Gasteiger partial charge is 0.311 e. The summed E-state index contributed by atoms with van der Waals surface area (Å²) >= 11 is 1.66. The maximum absolute atomic E-state index is 14.0. The van der Waals surface area contributed by atoms with Gasteiger partial charge in [-0.3, -0.25) is 14.4 Å².